The molecule has 0 fully saturated rings. The van der Waals surface area contributed by atoms with Crippen LogP contribution in [-0.2, 0) is 65.4 Å². The fraction of sp³-hybridized carbons (Fsp3) is 0.949. The molecular formula is C79H154O17P2. The summed E-state index contributed by atoms with van der Waals surface area (Å²) in [5.41, 5.74) is 0. The minimum absolute atomic E-state index is 0.104. The SMILES string of the molecule is CC(C)CCCCCCCCCCCCCCCCCC(=O)OC[C@H](COP(=O)(O)OCC(O)COP(=O)(O)OC[C@@H](COC(=O)CCCCCCCCCC(C)C)OC(=O)CCCCCCCCCCCC(C)C)OC(=O)CCCCCCCCCCCCCCCCCC(C)C. The van der Waals surface area contributed by atoms with E-state index in [2.05, 4.69) is 55.4 Å². The van der Waals surface area contributed by atoms with Gasteiger partial charge in [0.05, 0.1) is 26.4 Å². The Morgan fingerprint density at radius 3 is 0.633 bits per heavy atom. The molecule has 0 heterocycles. The first-order valence-corrected chi connectivity index (χ1v) is 43.7. The molecule has 0 aromatic heterocycles. The number of carbonyl (C=O) groups is 4. The van der Waals surface area contributed by atoms with Gasteiger partial charge in [-0.1, -0.05) is 351 Å². The lowest BCUT2D eigenvalue weighted by atomic mass is 10.0. The lowest BCUT2D eigenvalue weighted by Gasteiger charge is -2.21. The molecule has 0 spiro atoms. The lowest BCUT2D eigenvalue weighted by molar-refractivity contribution is -0.161. The van der Waals surface area contributed by atoms with Crippen LogP contribution in [-0.4, -0.2) is 96.7 Å². The molecule has 0 saturated heterocycles. The molecule has 0 aliphatic carbocycles. The Hall–Kier alpha value is -1.94. The number of phosphoric acid groups is 2. The summed E-state index contributed by atoms with van der Waals surface area (Å²) in [5, 5.41) is 10.6. The molecule has 0 saturated carbocycles. The number of phosphoric ester groups is 2. The first-order chi connectivity index (χ1) is 47.1. The van der Waals surface area contributed by atoms with Crippen molar-refractivity contribution in [1.82, 2.24) is 0 Å². The molecule has 19 heteroatoms. The first-order valence-electron chi connectivity index (χ1n) is 40.7. The first kappa shape index (κ1) is 96.1. The smallest absolute Gasteiger partial charge is 0.462 e. The van der Waals surface area contributed by atoms with Gasteiger partial charge in [0.15, 0.2) is 12.2 Å². The normalized spacial score (nSPS) is 14.1. The molecule has 0 radical (unpaired) electrons. The van der Waals surface area contributed by atoms with Crippen LogP contribution in [0.4, 0.5) is 0 Å². The maximum atomic E-state index is 13.1. The van der Waals surface area contributed by atoms with Gasteiger partial charge in [0, 0.05) is 25.7 Å². The summed E-state index contributed by atoms with van der Waals surface area (Å²) >= 11 is 0. The van der Waals surface area contributed by atoms with Crippen LogP contribution in [0.3, 0.4) is 0 Å². The van der Waals surface area contributed by atoms with Crippen LogP contribution < -0.4 is 0 Å². The van der Waals surface area contributed by atoms with Gasteiger partial charge < -0.3 is 33.8 Å². The molecule has 0 aliphatic rings. The monoisotopic (exact) mass is 1440 g/mol. The van der Waals surface area contributed by atoms with Crippen molar-refractivity contribution in [3.8, 4) is 0 Å². The Balaban J connectivity index is 5.24. The van der Waals surface area contributed by atoms with E-state index in [4.69, 9.17) is 37.0 Å². The number of esters is 4. The van der Waals surface area contributed by atoms with E-state index >= 15 is 0 Å². The Labute approximate surface area is 600 Å². The molecule has 0 amide bonds. The number of unbranched alkanes of at least 4 members (excludes halogenated alkanes) is 42. The third-order valence-electron chi connectivity index (χ3n) is 18.3. The number of hydrogen-bond donors (Lipinski definition) is 3. The number of carbonyl (C=O) groups excluding carboxylic acids is 4. The fourth-order valence-electron chi connectivity index (χ4n) is 12.1. The summed E-state index contributed by atoms with van der Waals surface area (Å²) in [5.74, 6) is 0.932. The average Bonchev–Trinajstić information content (AvgIpc) is 1.07. The van der Waals surface area contributed by atoms with Crippen LogP contribution in [0.2, 0.25) is 0 Å². The second kappa shape index (κ2) is 68.2. The van der Waals surface area contributed by atoms with Crippen molar-refractivity contribution in [2.45, 2.75) is 420 Å². The second-order valence-electron chi connectivity index (χ2n) is 30.4. The van der Waals surface area contributed by atoms with E-state index in [9.17, 15) is 43.2 Å². The maximum Gasteiger partial charge on any atom is 0.472 e. The van der Waals surface area contributed by atoms with Crippen molar-refractivity contribution in [2.75, 3.05) is 39.6 Å². The van der Waals surface area contributed by atoms with Crippen LogP contribution in [0, 0.1) is 23.7 Å². The minimum Gasteiger partial charge on any atom is -0.462 e. The summed E-state index contributed by atoms with van der Waals surface area (Å²) in [7, 11) is -9.92. The summed E-state index contributed by atoms with van der Waals surface area (Å²) in [6.07, 6.45) is 54.2. The Kier molecular flexibility index (Phi) is 66.8. The molecule has 0 rings (SSSR count). The topological polar surface area (TPSA) is 237 Å². The van der Waals surface area contributed by atoms with Crippen molar-refractivity contribution in [1.29, 1.82) is 0 Å². The molecule has 3 N–H and O–H groups in total. The fourth-order valence-corrected chi connectivity index (χ4v) is 13.7. The highest BCUT2D eigenvalue weighted by Gasteiger charge is 2.30. The second-order valence-corrected chi connectivity index (χ2v) is 33.3. The van der Waals surface area contributed by atoms with Gasteiger partial charge in [0.25, 0.3) is 0 Å². The molecular weight excluding hydrogens is 1280 g/mol. The largest absolute Gasteiger partial charge is 0.472 e. The highest BCUT2D eigenvalue weighted by molar-refractivity contribution is 7.47. The summed E-state index contributed by atoms with van der Waals surface area (Å²) < 4.78 is 68.6. The number of hydrogen-bond acceptors (Lipinski definition) is 15. The van der Waals surface area contributed by atoms with E-state index in [0.29, 0.717) is 31.6 Å². The Morgan fingerprint density at radius 1 is 0.255 bits per heavy atom. The van der Waals surface area contributed by atoms with Crippen molar-refractivity contribution in [2.24, 2.45) is 23.7 Å². The lowest BCUT2D eigenvalue weighted by Crippen LogP contribution is -2.30. The molecule has 5 atom stereocenters. The van der Waals surface area contributed by atoms with Crippen molar-refractivity contribution in [3.63, 3.8) is 0 Å². The minimum atomic E-state index is -4.96. The van der Waals surface area contributed by atoms with Crippen LogP contribution in [0.25, 0.3) is 0 Å². The Bertz CT molecular complexity index is 1920. The van der Waals surface area contributed by atoms with Crippen molar-refractivity contribution >= 4 is 39.5 Å². The van der Waals surface area contributed by atoms with E-state index in [0.717, 1.165) is 114 Å². The molecule has 3 unspecified atom stereocenters. The van der Waals surface area contributed by atoms with Gasteiger partial charge in [-0.3, -0.25) is 37.3 Å². The molecule has 0 bridgehead atoms. The summed E-state index contributed by atoms with van der Waals surface area (Å²) in [6, 6.07) is 0. The molecule has 98 heavy (non-hydrogen) atoms. The molecule has 582 valence electrons. The zero-order valence-corrected chi connectivity index (χ0v) is 66.2. The highest BCUT2D eigenvalue weighted by Crippen LogP contribution is 2.45. The van der Waals surface area contributed by atoms with E-state index in [1.165, 1.54) is 199 Å². The van der Waals surface area contributed by atoms with Gasteiger partial charge in [0.2, 0.25) is 0 Å². The third kappa shape index (κ3) is 72.4. The number of ether oxygens (including phenoxy) is 4. The quantitative estimate of drug-likeness (QED) is 0.0222. The van der Waals surface area contributed by atoms with Crippen LogP contribution in [0.1, 0.15) is 402 Å². The highest BCUT2D eigenvalue weighted by atomic mass is 31.2. The van der Waals surface area contributed by atoms with Gasteiger partial charge in [-0.2, -0.15) is 0 Å². The van der Waals surface area contributed by atoms with Gasteiger partial charge in [-0.15, -0.1) is 0 Å². The molecule has 0 aromatic carbocycles. The predicted octanol–water partition coefficient (Wildman–Crippen LogP) is 23.2. The Morgan fingerprint density at radius 2 is 0.429 bits per heavy atom. The maximum absolute atomic E-state index is 13.1. The number of aliphatic hydroxyl groups excluding tert-OH is 1. The standard InChI is InChI=1S/C79H154O17P2/c1-69(2)55-47-39-31-24-19-15-11-9-13-17-21-27-35-43-51-59-76(81)89-65-74(95-78(83)61-53-45-36-28-22-18-14-10-12-16-20-25-32-40-48-56-70(3)4)67-93-97(85,86)91-63-73(80)64-92-98(87,88)94-68-75(66-90-77(82)60-52-44-38-30-34-42-50-58-72(7)8)96-79(84)62-54-46-37-29-23-26-33-41-49-57-71(5)6/h69-75,80H,9-68H2,1-8H3,(H,85,86)(H,87,88)/t73?,74-,75-/m1/s1. The summed E-state index contributed by atoms with van der Waals surface area (Å²) in [6.45, 7) is 14.2. The van der Waals surface area contributed by atoms with Gasteiger partial charge in [0.1, 0.15) is 19.3 Å². The zero-order valence-electron chi connectivity index (χ0n) is 64.4. The van der Waals surface area contributed by atoms with Gasteiger partial charge in [-0.05, 0) is 49.4 Å². The van der Waals surface area contributed by atoms with Crippen LogP contribution >= 0.6 is 15.6 Å². The van der Waals surface area contributed by atoms with E-state index in [1.807, 2.05) is 0 Å². The van der Waals surface area contributed by atoms with E-state index < -0.39 is 97.5 Å². The number of rotatable bonds is 76. The molecule has 0 aromatic rings. The van der Waals surface area contributed by atoms with Crippen molar-refractivity contribution < 1.29 is 80.2 Å². The molecule has 17 nitrogen and oxygen atoms in total. The third-order valence-corrected chi connectivity index (χ3v) is 20.2. The van der Waals surface area contributed by atoms with Crippen molar-refractivity contribution in [3.05, 3.63) is 0 Å². The van der Waals surface area contributed by atoms with Crippen LogP contribution in [0.5, 0.6) is 0 Å². The predicted molar refractivity (Wildman–Crippen MR) is 400 cm³/mol. The molecule has 0 aliphatic heterocycles. The summed E-state index contributed by atoms with van der Waals surface area (Å²) in [4.78, 5) is 72.9. The zero-order chi connectivity index (χ0) is 72.4. The van der Waals surface area contributed by atoms with E-state index in [1.54, 1.807) is 0 Å². The average molecular weight is 1440 g/mol. The van der Waals surface area contributed by atoms with E-state index in [-0.39, 0.29) is 25.7 Å². The van der Waals surface area contributed by atoms with Gasteiger partial charge >= 0.3 is 39.5 Å². The van der Waals surface area contributed by atoms with Crippen LogP contribution in [0.15, 0.2) is 0 Å². The number of aliphatic hydroxyl groups is 1. The van der Waals surface area contributed by atoms with Gasteiger partial charge in [-0.25, -0.2) is 9.13 Å².